The number of thiophene rings is 1. The van der Waals surface area contributed by atoms with Crippen LogP contribution in [0.15, 0.2) is 27.7 Å². The van der Waals surface area contributed by atoms with Gasteiger partial charge in [0.15, 0.2) is 5.13 Å². The molecule has 0 aromatic carbocycles. The topological polar surface area (TPSA) is 79.8 Å². The number of carbonyl (C=O) groups excluding carboxylic acids is 1. The molecule has 0 saturated heterocycles. The van der Waals surface area contributed by atoms with Gasteiger partial charge >= 0.3 is 6.18 Å². The Balaban J connectivity index is 1.52. The third-order valence-corrected chi connectivity index (χ3v) is 6.75. The summed E-state index contributed by atoms with van der Waals surface area (Å²) < 4.78 is 53.8. The predicted molar refractivity (Wildman–Crippen MR) is 112 cm³/mol. The number of nitrogens with one attached hydrogen (secondary N) is 2. The minimum absolute atomic E-state index is 0.0390. The minimum atomic E-state index is -4.78. The Labute approximate surface area is 180 Å². The number of anilines is 1. The Kier molecular flexibility index (Phi) is 5.38. The van der Waals surface area contributed by atoms with Gasteiger partial charge in [-0.1, -0.05) is 0 Å². The third kappa shape index (κ3) is 4.09. The van der Waals surface area contributed by atoms with E-state index >= 15 is 0 Å². The summed E-state index contributed by atoms with van der Waals surface area (Å²) in [6.07, 6.45) is -4.30. The largest absolute Gasteiger partial charge is 0.418 e. The first kappa shape index (κ1) is 21.5. The van der Waals surface area contributed by atoms with E-state index in [9.17, 15) is 27.2 Å². The van der Waals surface area contributed by atoms with Crippen molar-refractivity contribution in [3.8, 4) is 0 Å². The van der Waals surface area contributed by atoms with E-state index in [1.54, 1.807) is 7.05 Å². The van der Waals surface area contributed by atoms with Crippen molar-refractivity contribution in [2.24, 2.45) is 7.05 Å². The minimum Gasteiger partial charge on any atom is -0.302 e. The quantitative estimate of drug-likeness (QED) is 0.534. The smallest absolute Gasteiger partial charge is 0.302 e. The van der Waals surface area contributed by atoms with E-state index in [1.165, 1.54) is 21.4 Å². The number of thiazole rings is 1. The van der Waals surface area contributed by atoms with Crippen molar-refractivity contribution in [1.82, 2.24) is 14.8 Å². The molecule has 1 amide bonds. The fourth-order valence-electron chi connectivity index (χ4n) is 3.41. The van der Waals surface area contributed by atoms with Gasteiger partial charge in [-0.2, -0.15) is 13.2 Å². The summed E-state index contributed by atoms with van der Waals surface area (Å²) in [7, 11) is 1.59. The Bertz CT molecular complexity index is 1310. The van der Waals surface area contributed by atoms with Crippen molar-refractivity contribution in [1.29, 1.82) is 0 Å². The Morgan fingerprint density at radius 1 is 1.35 bits per heavy atom. The van der Waals surface area contributed by atoms with Gasteiger partial charge in [0.05, 0.1) is 23.1 Å². The Morgan fingerprint density at radius 3 is 2.81 bits per heavy atom. The first-order valence-electron chi connectivity index (χ1n) is 9.13. The standard InChI is InChI=1S/C19H16F4N4O2S2/c1-8-10(15-16(31-8)26-27(2)17(15)29)6-14(28)25-18-24-13(7-30-18)9-3-4-12(20)11(5-9)19(21,22)23/h5,7,26H,3-4,6H2,1-2H3,(H,24,25,28). The number of carbonyl (C=O) groups is 1. The number of nitrogens with zero attached hydrogens (tertiary/aromatic N) is 2. The number of halogens is 4. The first-order valence-corrected chi connectivity index (χ1v) is 10.8. The van der Waals surface area contributed by atoms with Gasteiger partial charge in [-0.3, -0.25) is 19.4 Å². The monoisotopic (exact) mass is 472 g/mol. The van der Waals surface area contributed by atoms with Crippen LogP contribution < -0.4 is 10.9 Å². The highest BCUT2D eigenvalue weighted by atomic mass is 32.1. The van der Waals surface area contributed by atoms with Gasteiger partial charge in [-0.05, 0) is 30.6 Å². The van der Waals surface area contributed by atoms with Crippen molar-refractivity contribution in [2.45, 2.75) is 32.4 Å². The molecule has 1 aliphatic carbocycles. The molecule has 4 rings (SSSR count). The van der Waals surface area contributed by atoms with Gasteiger partial charge in [-0.25, -0.2) is 9.37 Å². The van der Waals surface area contributed by atoms with Crippen molar-refractivity contribution >= 4 is 49.5 Å². The summed E-state index contributed by atoms with van der Waals surface area (Å²) in [5.74, 6) is -1.58. The molecule has 1 aliphatic rings. The second kappa shape index (κ2) is 7.75. The number of aromatic nitrogens is 3. The zero-order valence-corrected chi connectivity index (χ0v) is 17.9. The SMILES string of the molecule is Cc1sc2[nH]n(C)c(=O)c2c1CC(=O)Nc1nc(C2=CC(C(F)(F)F)=C(F)CC2)cs1. The van der Waals surface area contributed by atoms with E-state index < -0.39 is 23.5 Å². The predicted octanol–water partition coefficient (Wildman–Crippen LogP) is 4.84. The number of aryl methyl sites for hydroxylation is 2. The van der Waals surface area contributed by atoms with Crippen molar-refractivity contribution in [3.63, 3.8) is 0 Å². The molecule has 3 heterocycles. The zero-order chi connectivity index (χ0) is 22.5. The van der Waals surface area contributed by atoms with Gasteiger partial charge in [0.1, 0.15) is 10.7 Å². The average molecular weight is 472 g/mol. The van der Waals surface area contributed by atoms with Crippen LogP contribution in [-0.4, -0.2) is 26.8 Å². The second-order valence-corrected chi connectivity index (χ2v) is 9.15. The van der Waals surface area contributed by atoms with Crippen LogP contribution in [0.25, 0.3) is 15.8 Å². The third-order valence-electron chi connectivity index (χ3n) is 4.94. The molecule has 0 fully saturated rings. The highest BCUT2D eigenvalue weighted by molar-refractivity contribution is 7.18. The van der Waals surface area contributed by atoms with Gasteiger partial charge in [0.25, 0.3) is 5.56 Å². The molecule has 31 heavy (non-hydrogen) atoms. The Hall–Kier alpha value is -2.73. The number of allylic oxidation sites excluding steroid dienone is 4. The van der Waals surface area contributed by atoms with E-state index in [0.717, 1.165) is 22.3 Å². The molecule has 0 unspecified atom stereocenters. The lowest BCUT2D eigenvalue weighted by Crippen LogP contribution is -2.17. The molecule has 3 aromatic rings. The molecule has 0 spiro atoms. The van der Waals surface area contributed by atoms with Crippen LogP contribution in [0, 0.1) is 6.92 Å². The van der Waals surface area contributed by atoms with Crippen molar-refractivity contribution in [2.75, 3.05) is 5.32 Å². The fraction of sp³-hybridized carbons (Fsp3) is 0.316. The molecule has 164 valence electrons. The molecule has 0 bridgehead atoms. The van der Waals surface area contributed by atoms with Crippen LogP contribution in [0.1, 0.15) is 29.0 Å². The number of hydrogen-bond acceptors (Lipinski definition) is 5. The van der Waals surface area contributed by atoms with Crippen molar-refractivity contribution in [3.05, 3.63) is 49.3 Å². The average Bonchev–Trinajstić information content (AvgIpc) is 3.32. The zero-order valence-electron chi connectivity index (χ0n) is 16.3. The molecule has 3 aromatic heterocycles. The van der Waals surface area contributed by atoms with Crippen LogP contribution in [-0.2, 0) is 18.3 Å². The normalized spacial score (nSPS) is 15.0. The second-order valence-electron chi connectivity index (χ2n) is 7.07. The summed E-state index contributed by atoms with van der Waals surface area (Å²) in [6.45, 7) is 1.82. The number of rotatable bonds is 4. The van der Waals surface area contributed by atoms with Gasteiger partial charge in [-0.15, -0.1) is 22.7 Å². The molecule has 0 aliphatic heterocycles. The van der Waals surface area contributed by atoms with Crippen LogP contribution in [0.3, 0.4) is 0 Å². The van der Waals surface area contributed by atoms with Gasteiger partial charge < -0.3 is 5.32 Å². The van der Waals surface area contributed by atoms with E-state index in [0.29, 0.717) is 15.8 Å². The summed E-state index contributed by atoms with van der Waals surface area (Å²) >= 11 is 2.45. The van der Waals surface area contributed by atoms with Gasteiger partial charge in [0, 0.05) is 23.7 Å². The van der Waals surface area contributed by atoms with Crippen LogP contribution in [0.5, 0.6) is 0 Å². The number of aromatic amines is 1. The lowest BCUT2D eigenvalue weighted by atomic mass is 9.96. The highest BCUT2D eigenvalue weighted by Crippen LogP contribution is 2.39. The van der Waals surface area contributed by atoms with E-state index in [-0.39, 0.29) is 41.2 Å². The number of H-pyrrole nitrogens is 1. The van der Waals surface area contributed by atoms with Crippen molar-refractivity contribution < 1.29 is 22.4 Å². The van der Waals surface area contributed by atoms with Crippen LogP contribution in [0.4, 0.5) is 22.7 Å². The molecule has 12 heteroatoms. The fourth-order valence-corrected chi connectivity index (χ4v) is 5.26. The van der Waals surface area contributed by atoms with Crippen LogP contribution >= 0.6 is 22.7 Å². The number of amides is 1. The van der Waals surface area contributed by atoms with E-state index in [1.807, 2.05) is 6.92 Å². The molecule has 2 N–H and O–H groups in total. The van der Waals surface area contributed by atoms with E-state index in [4.69, 9.17) is 0 Å². The summed E-state index contributed by atoms with van der Waals surface area (Å²) in [4.78, 5) is 30.5. The maximum absolute atomic E-state index is 13.6. The first-order chi connectivity index (χ1) is 14.5. The molecule has 0 radical (unpaired) electrons. The number of hydrogen-bond donors (Lipinski definition) is 2. The van der Waals surface area contributed by atoms with Crippen LogP contribution in [0.2, 0.25) is 0 Å². The molecule has 0 atom stereocenters. The van der Waals surface area contributed by atoms with Gasteiger partial charge in [0.2, 0.25) is 5.91 Å². The highest BCUT2D eigenvalue weighted by Gasteiger charge is 2.37. The van der Waals surface area contributed by atoms with E-state index in [2.05, 4.69) is 15.4 Å². The maximum Gasteiger partial charge on any atom is 0.418 e. The molecule has 0 saturated carbocycles. The lowest BCUT2D eigenvalue weighted by molar-refractivity contribution is -0.115. The molecular formula is C19H16F4N4O2S2. The summed E-state index contributed by atoms with van der Waals surface area (Å²) in [6, 6.07) is 0. The summed E-state index contributed by atoms with van der Waals surface area (Å²) in [5, 5.41) is 7.77. The summed E-state index contributed by atoms with van der Waals surface area (Å²) in [5.41, 5.74) is -0.359. The lowest BCUT2D eigenvalue weighted by Gasteiger charge is -2.16. The molecule has 6 nitrogen and oxygen atoms in total. The number of fused-ring (bicyclic) bond motifs is 1. The Morgan fingerprint density at radius 2 is 2.10 bits per heavy atom. The maximum atomic E-state index is 13.6. The number of alkyl halides is 3. The molecular weight excluding hydrogens is 456 g/mol.